The molecule has 0 aromatic heterocycles. The molecule has 0 saturated carbocycles. The Morgan fingerprint density at radius 2 is 2.11 bits per heavy atom. The van der Waals surface area contributed by atoms with Crippen LogP contribution in [-0.4, -0.2) is 18.6 Å². The zero-order valence-corrected chi connectivity index (χ0v) is 10.7. The van der Waals surface area contributed by atoms with E-state index >= 15 is 0 Å². The highest BCUT2D eigenvalue weighted by molar-refractivity contribution is 5.78. The van der Waals surface area contributed by atoms with Gasteiger partial charge in [-0.15, -0.1) is 0 Å². The van der Waals surface area contributed by atoms with Gasteiger partial charge in [0.25, 0.3) is 0 Å². The topological polar surface area (TPSA) is 38.7 Å². The number of hydrogen-bond acceptors (Lipinski definition) is 3. The Hall–Kier alpha value is -1.90. The summed E-state index contributed by atoms with van der Waals surface area (Å²) >= 11 is 0. The third-order valence-electron chi connectivity index (χ3n) is 2.74. The summed E-state index contributed by atoms with van der Waals surface area (Å²) in [6, 6.07) is 7.68. The van der Waals surface area contributed by atoms with Gasteiger partial charge in [-0.1, -0.05) is 13.0 Å². The summed E-state index contributed by atoms with van der Waals surface area (Å²) in [5.41, 5.74) is 2.08. The minimum Gasteiger partial charge on any atom is -0.486 e. The van der Waals surface area contributed by atoms with Crippen molar-refractivity contribution >= 4 is 17.7 Å². The standard InChI is InChI=1S/C15H17NO2/c1-11-7-8-16-15(9-11)13-3-5-14(6-4-13)18-10-12(2)17/h3-6,8-9,11H,7,10H2,1-2H3. The van der Waals surface area contributed by atoms with Crippen LogP contribution in [0.3, 0.4) is 0 Å². The number of nitrogens with zero attached hydrogens (tertiary/aromatic N) is 1. The Bertz CT molecular complexity index is 486. The fourth-order valence-corrected chi connectivity index (χ4v) is 1.78. The smallest absolute Gasteiger partial charge is 0.167 e. The van der Waals surface area contributed by atoms with Gasteiger partial charge in [-0.2, -0.15) is 0 Å². The summed E-state index contributed by atoms with van der Waals surface area (Å²) in [5.74, 6) is 1.26. The van der Waals surface area contributed by atoms with Gasteiger partial charge in [0.1, 0.15) is 12.4 Å². The molecule has 0 amide bonds. The lowest BCUT2D eigenvalue weighted by Crippen LogP contribution is -2.06. The summed E-state index contributed by atoms with van der Waals surface area (Å²) in [4.78, 5) is 15.2. The highest BCUT2D eigenvalue weighted by Crippen LogP contribution is 2.24. The highest BCUT2D eigenvalue weighted by atomic mass is 16.5. The molecular weight excluding hydrogens is 226 g/mol. The van der Waals surface area contributed by atoms with Crippen molar-refractivity contribution in [2.45, 2.75) is 20.3 Å². The molecule has 1 aliphatic heterocycles. The molecule has 2 rings (SSSR count). The van der Waals surface area contributed by atoms with Crippen LogP contribution in [0.5, 0.6) is 5.75 Å². The third kappa shape index (κ3) is 3.29. The van der Waals surface area contributed by atoms with Crippen molar-refractivity contribution in [3.8, 4) is 5.75 Å². The van der Waals surface area contributed by atoms with Gasteiger partial charge in [-0.05, 0) is 43.5 Å². The summed E-state index contributed by atoms with van der Waals surface area (Å²) in [5, 5.41) is 0. The second-order valence-corrected chi connectivity index (χ2v) is 4.59. The zero-order valence-electron chi connectivity index (χ0n) is 10.7. The first-order valence-electron chi connectivity index (χ1n) is 6.12. The van der Waals surface area contributed by atoms with E-state index in [4.69, 9.17) is 4.74 Å². The van der Waals surface area contributed by atoms with E-state index in [1.165, 1.54) is 6.92 Å². The van der Waals surface area contributed by atoms with Gasteiger partial charge in [0.2, 0.25) is 0 Å². The molecule has 0 N–H and O–H groups in total. The van der Waals surface area contributed by atoms with Crippen molar-refractivity contribution in [2.24, 2.45) is 10.9 Å². The Balaban J connectivity index is 2.08. The molecule has 94 valence electrons. The van der Waals surface area contributed by atoms with E-state index in [0.717, 1.165) is 17.7 Å². The largest absolute Gasteiger partial charge is 0.486 e. The van der Waals surface area contributed by atoms with Gasteiger partial charge in [0.15, 0.2) is 5.78 Å². The number of carbonyl (C=O) groups excluding carboxylic acids is 1. The number of Topliss-reactive ketones (excluding diaryl/α,β-unsaturated/α-hetero) is 1. The Kier molecular flexibility index (Phi) is 3.92. The molecule has 0 spiro atoms. The van der Waals surface area contributed by atoms with Crippen molar-refractivity contribution in [1.82, 2.24) is 0 Å². The predicted octanol–water partition coefficient (Wildman–Crippen LogP) is 3.11. The molecule has 3 nitrogen and oxygen atoms in total. The van der Waals surface area contributed by atoms with Crippen molar-refractivity contribution in [3.05, 3.63) is 35.9 Å². The monoisotopic (exact) mass is 243 g/mol. The predicted molar refractivity (Wildman–Crippen MR) is 72.9 cm³/mol. The first-order valence-corrected chi connectivity index (χ1v) is 6.12. The molecule has 0 aliphatic carbocycles. The van der Waals surface area contributed by atoms with Gasteiger partial charge < -0.3 is 4.74 Å². The highest BCUT2D eigenvalue weighted by Gasteiger charge is 2.07. The first kappa shape index (κ1) is 12.6. The molecule has 1 aliphatic rings. The van der Waals surface area contributed by atoms with E-state index in [1.54, 1.807) is 0 Å². The summed E-state index contributed by atoms with van der Waals surface area (Å²) in [6.45, 7) is 3.81. The van der Waals surface area contributed by atoms with Gasteiger partial charge in [-0.25, -0.2) is 0 Å². The number of carbonyl (C=O) groups is 1. The molecular formula is C15H17NO2. The number of benzene rings is 1. The van der Waals surface area contributed by atoms with Crippen molar-refractivity contribution < 1.29 is 9.53 Å². The van der Waals surface area contributed by atoms with Crippen LogP contribution >= 0.6 is 0 Å². The molecule has 1 unspecified atom stereocenters. The lowest BCUT2D eigenvalue weighted by molar-refractivity contribution is -0.118. The molecule has 1 atom stereocenters. The van der Waals surface area contributed by atoms with E-state index in [-0.39, 0.29) is 12.4 Å². The SMILES string of the molecule is CC(=O)COc1ccc(C2=CC(C)CC=N2)cc1. The molecule has 1 heterocycles. The minimum atomic E-state index is 0.0208. The number of hydrogen-bond donors (Lipinski definition) is 0. The maximum atomic E-state index is 10.8. The maximum absolute atomic E-state index is 10.8. The van der Waals surface area contributed by atoms with Crippen LogP contribution in [0.25, 0.3) is 5.70 Å². The lowest BCUT2D eigenvalue weighted by atomic mass is 10.0. The van der Waals surface area contributed by atoms with Crippen LogP contribution in [0.4, 0.5) is 0 Å². The number of rotatable bonds is 4. The number of ketones is 1. The Morgan fingerprint density at radius 3 is 2.72 bits per heavy atom. The maximum Gasteiger partial charge on any atom is 0.167 e. The van der Waals surface area contributed by atoms with Crippen LogP contribution < -0.4 is 4.74 Å². The fourth-order valence-electron chi connectivity index (χ4n) is 1.78. The van der Waals surface area contributed by atoms with Gasteiger partial charge >= 0.3 is 0 Å². The van der Waals surface area contributed by atoms with Gasteiger partial charge in [-0.3, -0.25) is 9.79 Å². The van der Waals surface area contributed by atoms with Crippen LogP contribution in [-0.2, 0) is 4.79 Å². The normalized spacial score (nSPS) is 18.3. The first-order chi connectivity index (χ1) is 8.65. The average molecular weight is 243 g/mol. The van der Waals surface area contributed by atoms with E-state index in [2.05, 4.69) is 18.0 Å². The molecule has 1 aromatic carbocycles. The minimum absolute atomic E-state index is 0.0208. The van der Waals surface area contributed by atoms with Gasteiger partial charge in [0, 0.05) is 11.8 Å². The van der Waals surface area contributed by atoms with E-state index in [0.29, 0.717) is 11.7 Å². The molecule has 0 fully saturated rings. The second-order valence-electron chi connectivity index (χ2n) is 4.59. The summed E-state index contributed by atoms with van der Waals surface area (Å²) < 4.78 is 5.32. The van der Waals surface area contributed by atoms with Gasteiger partial charge in [0.05, 0.1) is 5.70 Å². The van der Waals surface area contributed by atoms with Crippen LogP contribution in [0.15, 0.2) is 35.3 Å². The number of ether oxygens (including phenoxy) is 1. The third-order valence-corrected chi connectivity index (χ3v) is 2.74. The molecule has 3 heteroatoms. The van der Waals surface area contributed by atoms with Crippen LogP contribution in [0, 0.1) is 5.92 Å². The molecule has 0 bridgehead atoms. The Labute approximate surface area is 107 Å². The quantitative estimate of drug-likeness (QED) is 0.815. The van der Waals surface area contributed by atoms with Crippen molar-refractivity contribution in [1.29, 1.82) is 0 Å². The molecule has 0 radical (unpaired) electrons. The van der Waals surface area contributed by atoms with E-state index in [9.17, 15) is 4.79 Å². The fraction of sp³-hybridized carbons (Fsp3) is 0.333. The van der Waals surface area contributed by atoms with Crippen molar-refractivity contribution in [3.63, 3.8) is 0 Å². The van der Waals surface area contributed by atoms with E-state index in [1.807, 2.05) is 30.5 Å². The lowest BCUT2D eigenvalue weighted by Gasteiger charge is -2.12. The number of aliphatic imine (C=N–C) groups is 1. The summed E-state index contributed by atoms with van der Waals surface area (Å²) in [6.07, 6.45) is 5.13. The van der Waals surface area contributed by atoms with Crippen molar-refractivity contribution in [2.75, 3.05) is 6.61 Å². The zero-order chi connectivity index (χ0) is 13.0. The second kappa shape index (κ2) is 5.63. The van der Waals surface area contributed by atoms with Crippen LogP contribution in [0.1, 0.15) is 25.8 Å². The summed E-state index contributed by atoms with van der Waals surface area (Å²) in [7, 11) is 0. The van der Waals surface area contributed by atoms with Crippen LogP contribution in [0.2, 0.25) is 0 Å². The average Bonchev–Trinajstić information content (AvgIpc) is 2.37. The Morgan fingerprint density at radius 1 is 1.39 bits per heavy atom. The molecule has 18 heavy (non-hydrogen) atoms. The number of allylic oxidation sites excluding steroid dienone is 1. The van der Waals surface area contributed by atoms with E-state index < -0.39 is 0 Å². The molecule has 1 aromatic rings. The molecule has 0 saturated heterocycles.